The molecule has 1 aromatic heterocycles. The van der Waals surface area contributed by atoms with Gasteiger partial charge in [-0.2, -0.15) is 5.10 Å². The highest BCUT2D eigenvalue weighted by Gasteiger charge is 2.08. The van der Waals surface area contributed by atoms with E-state index < -0.39 is 11.8 Å². The molecular weight excluding hydrogens is 373 g/mol. The normalized spacial score (nSPS) is 10.6. The van der Waals surface area contributed by atoms with Crippen LogP contribution in [0, 0.1) is 0 Å². The van der Waals surface area contributed by atoms with E-state index in [0.717, 1.165) is 4.88 Å². The molecule has 0 aliphatic heterocycles. The van der Waals surface area contributed by atoms with E-state index in [-0.39, 0.29) is 13.2 Å². The summed E-state index contributed by atoms with van der Waals surface area (Å²) in [5.74, 6) is -0.569. The molecule has 2 N–H and O–H groups in total. The number of nitrogens with one attached hydrogen (secondary N) is 2. The fraction of sp³-hybridized carbons (Fsp3) is 0.133. The topological polar surface area (TPSA) is 79.8 Å². The summed E-state index contributed by atoms with van der Waals surface area (Å²) in [6.07, 6.45) is 1.52. The number of carbonyl (C=O) groups is 2. The molecule has 2 aromatic rings. The van der Waals surface area contributed by atoms with Crippen molar-refractivity contribution in [1.29, 1.82) is 0 Å². The van der Waals surface area contributed by atoms with Crippen LogP contribution >= 0.6 is 34.5 Å². The first-order valence-corrected chi connectivity index (χ1v) is 8.38. The number of rotatable bonds is 7. The zero-order chi connectivity index (χ0) is 17.4. The van der Waals surface area contributed by atoms with Gasteiger partial charge in [-0.3, -0.25) is 9.59 Å². The molecule has 24 heavy (non-hydrogen) atoms. The summed E-state index contributed by atoms with van der Waals surface area (Å²) in [6, 6.07) is 8.40. The molecule has 9 heteroatoms. The Labute approximate surface area is 152 Å². The van der Waals surface area contributed by atoms with Gasteiger partial charge in [0, 0.05) is 9.90 Å². The quantitative estimate of drug-likeness (QED) is 0.567. The second kappa shape index (κ2) is 9.27. The van der Waals surface area contributed by atoms with E-state index in [1.807, 2.05) is 17.5 Å². The Bertz CT molecular complexity index is 736. The molecule has 0 atom stereocenters. The lowest BCUT2D eigenvalue weighted by Gasteiger charge is -2.08. The molecule has 0 aliphatic rings. The Morgan fingerprint density at radius 3 is 2.79 bits per heavy atom. The molecule has 0 spiro atoms. The number of thiophene rings is 1. The van der Waals surface area contributed by atoms with Crippen molar-refractivity contribution < 1.29 is 14.3 Å². The van der Waals surface area contributed by atoms with Gasteiger partial charge in [-0.1, -0.05) is 29.3 Å². The van der Waals surface area contributed by atoms with Gasteiger partial charge in [-0.15, -0.1) is 11.3 Å². The van der Waals surface area contributed by atoms with Crippen LogP contribution < -0.4 is 15.5 Å². The van der Waals surface area contributed by atoms with Crippen molar-refractivity contribution in [2.24, 2.45) is 5.10 Å². The summed E-state index contributed by atoms with van der Waals surface area (Å²) in [5.41, 5.74) is 2.31. The Hall–Kier alpha value is -2.09. The molecule has 0 saturated carbocycles. The first-order valence-electron chi connectivity index (χ1n) is 6.74. The van der Waals surface area contributed by atoms with Crippen molar-refractivity contribution in [3.63, 3.8) is 0 Å². The lowest BCUT2D eigenvalue weighted by atomic mass is 10.3. The largest absolute Gasteiger partial charge is 0.482 e. The summed E-state index contributed by atoms with van der Waals surface area (Å²) >= 11 is 13.2. The van der Waals surface area contributed by atoms with Crippen LogP contribution in [0.15, 0.2) is 40.8 Å². The molecule has 2 rings (SSSR count). The molecule has 0 unspecified atom stereocenters. The van der Waals surface area contributed by atoms with Gasteiger partial charge in [0.1, 0.15) is 5.75 Å². The Balaban J connectivity index is 1.68. The second-order valence-electron chi connectivity index (χ2n) is 4.45. The van der Waals surface area contributed by atoms with Gasteiger partial charge in [0.15, 0.2) is 6.61 Å². The SMILES string of the molecule is O=C(COc1ccc(Cl)cc1Cl)NCC(=O)N/N=C/c1cccs1. The van der Waals surface area contributed by atoms with Crippen LogP contribution in [0.2, 0.25) is 10.0 Å². The van der Waals surface area contributed by atoms with Gasteiger partial charge in [0.25, 0.3) is 11.8 Å². The number of hydrogen-bond acceptors (Lipinski definition) is 5. The van der Waals surface area contributed by atoms with Crippen LogP contribution in [0.3, 0.4) is 0 Å². The maximum Gasteiger partial charge on any atom is 0.259 e. The highest BCUT2D eigenvalue weighted by Crippen LogP contribution is 2.27. The number of hydrogen-bond donors (Lipinski definition) is 2. The molecule has 126 valence electrons. The summed E-state index contributed by atoms with van der Waals surface area (Å²) in [6.45, 7) is -0.481. The number of ether oxygens (including phenoxy) is 1. The van der Waals surface area contributed by atoms with Crippen LogP contribution in [-0.4, -0.2) is 31.2 Å². The van der Waals surface area contributed by atoms with Crippen LogP contribution in [0.25, 0.3) is 0 Å². The maximum absolute atomic E-state index is 11.6. The zero-order valence-corrected chi connectivity index (χ0v) is 14.6. The van der Waals surface area contributed by atoms with Crippen LogP contribution in [0.5, 0.6) is 5.75 Å². The van der Waals surface area contributed by atoms with Crippen molar-refractivity contribution in [3.05, 3.63) is 50.6 Å². The molecule has 1 heterocycles. The van der Waals surface area contributed by atoms with Gasteiger partial charge in [0.05, 0.1) is 17.8 Å². The molecule has 1 aromatic carbocycles. The summed E-state index contributed by atoms with van der Waals surface area (Å²) in [5, 5.41) is 8.86. The summed E-state index contributed by atoms with van der Waals surface area (Å²) < 4.78 is 5.25. The maximum atomic E-state index is 11.6. The number of benzene rings is 1. The first-order chi connectivity index (χ1) is 11.5. The van der Waals surface area contributed by atoms with E-state index in [4.69, 9.17) is 27.9 Å². The lowest BCUT2D eigenvalue weighted by molar-refractivity contribution is -0.127. The Morgan fingerprint density at radius 2 is 2.08 bits per heavy atom. The highest BCUT2D eigenvalue weighted by molar-refractivity contribution is 7.11. The molecule has 0 fully saturated rings. The van der Waals surface area contributed by atoms with E-state index in [1.54, 1.807) is 12.1 Å². The van der Waals surface area contributed by atoms with Crippen LogP contribution in [-0.2, 0) is 9.59 Å². The third-order valence-electron chi connectivity index (χ3n) is 2.62. The van der Waals surface area contributed by atoms with Gasteiger partial charge < -0.3 is 10.1 Å². The van der Waals surface area contributed by atoms with E-state index in [9.17, 15) is 9.59 Å². The van der Waals surface area contributed by atoms with Gasteiger partial charge in [-0.05, 0) is 29.6 Å². The van der Waals surface area contributed by atoms with Crippen LogP contribution in [0.4, 0.5) is 0 Å². The molecule has 2 amide bonds. The average molecular weight is 386 g/mol. The van der Waals surface area contributed by atoms with Gasteiger partial charge in [-0.25, -0.2) is 5.43 Å². The molecule has 0 saturated heterocycles. The van der Waals surface area contributed by atoms with Crippen molar-refractivity contribution in [1.82, 2.24) is 10.7 Å². The Morgan fingerprint density at radius 1 is 1.25 bits per heavy atom. The minimum atomic E-state index is -0.460. The number of carbonyl (C=O) groups excluding carboxylic acids is 2. The standard InChI is InChI=1S/C15H13Cl2N3O3S/c16-10-3-4-13(12(17)6-10)23-9-15(22)18-8-14(21)20-19-7-11-2-1-5-24-11/h1-7H,8-9H2,(H,18,22)(H,20,21)/b19-7+. The molecule has 0 aliphatic carbocycles. The molecule has 0 bridgehead atoms. The minimum absolute atomic E-state index is 0.210. The van der Waals surface area contributed by atoms with Crippen molar-refractivity contribution in [2.75, 3.05) is 13.2 Å². The number of nitrogens with zero attached hydrogens (tertiary/aromatic N) is 1. The highest BCUT2D eigenvalue weighted by atomic mass is 35.5. The second-order valence-corrected chi connectivity index (χ2v) is 6.27. The summed E-state index contributed by atoms with van der Waals surface area (Å²) in [4.78, 5) is 24.1. The number of hydrazone groups is 1. The van der Waals surface area contributed by atoms with Gasteiger partial charge in [0.2, 0.25) is 0 Å². The van der Waals surface area contributed by atoms with Crippen LogP contribution in [0.1, 0.15) is 4.88 Å². The average Bonchev–Trinajstić information content (AvgIpc) is 3.05. The lowest BCUT2D eigenvalue weighted by Crippen LogP contribution is -2.37. The number of amides is 2. The fourth-order valence-corrected chi connectivity index (χ4v) is 2.59. The smallest absolute Gasteiger partial charge is 0.259 e. The molecule has 6 nitrogen and oxygen atoms in total. The van der Waals surface area contributed by atoms with Crippen molar-refractivity contribution >= 4 is 52.6 Å². The van der Waals surface area contributed by atoms with E-state index in [0.29, 0.717) is 15.8 Å². The predicted octanol–water partition coefficient (Wildman–Crippen LogP) is 2.70. The summed E-state index contributed by atoms with van der Waals surface area (Å²) in [7, 11) is 0. The molecular formula is C15H13Cl2N3O3S. The van der Waals surface area contributed by atoms with Crippen molar-refractivity contribution in [3.8, 4) is 5.75 Å². The molecule has 0 radical (unpaired) electrons. The van der Waals surface area contributed by atoms with Crippen molar-refractivity contribution in [2.45, 2.75) is 0 Å². The predicted molar refractivity (Wildman–Crippen MR) is 95.0 cm³/mol. The minimum Gasteiger partial charge on any atom is -0.482 e. The number of halogens is 2. The third-order valence-corrected chi connectivity index (χ3v) is 3.96. The fourth-order valence-electron chi connectivity index (χ4n) is 1.54. The van der Waals surface area contributed by atoms with Gasteiger partial charge >= 0.3 is 0 Å². The van der Waals surface area contributed by atoms with E-state index in [1.165, 1.54) is 23.6 Å². The third kappa shape index (κ3) is 6.19. The zero-order valence-electron chi connectivity index (χ0n) is 12.3. The monoisotopic (exact) mass is 385 g/mol. The van der Waals surface area contributed by atoms with E-state index in [2.05, 4.69) is 15.8 Å². The Kier molecular flexibility index (Phi) is 7.05. The van der Waals surface area contributed by atoms with E-state index >= 15 is 0 Å². The first kappa shape index (κ1) is 18.3.